The van der Waals surface area contributed by atoms with Gasteiger partial charge >= 0.3 is 36.4 Å². The van der Waals surface area contributed by atoms with Crippen molar-refractivity contribution in [1.82, 2.24) is 0 Å². The Morgan fingerprint density at radius 1 is 1.00 bits per heavy atom. The molecule has 0 atom stereocenters. The first-order valence-corrected chi connectivity index (χ1v) is 1.11. The number of hydrogen-bond acceptors (Lipinski definition) is 2. The van der Waals surface area contributed by atoms with Crippen LogP contribution in [0.4, 0.5) is 0 Å². The summed E-state index contributed by atoms with van der Waals surface area (Å²) < 4.78 is 0. The van der Waals surface area contributed by atoms with Crippen molar-refractivity contribution in [3.8, 4) is 0 Å². The van der Waals surface area contributed by atoms with Gasteiger partial charge in [-0.2, -0.15) is 0 Å². The quantitative estimate of drug-likeness (QED) is 0.361. The molecule has 4 nitrogen and oxygen atoms in total. The monoisotopic (exact) mass is 214 g/mol. The number of carboxylic acid groups (broad SMARTS) is 2. The Kier molecular flexibility index (Phi) is 5.56. The van der Waals surface area contributed by atoms with Gasteiger partial charge in [0.1, 0.15) is 0 Å². The molecule has 0 aliphatic heterocycles. The van der Waals surface area contributed by atoms with Gasteiger partial charge in [0.15, 0.2) is 0 Å². The minimum absolute atomic E-state index is 0. The standard InChI is InChI=1S/C2H2O4.Sb.3H/c3-1(4)2(5)6;;;;/h(H,3,4)(H,5,6);;;;. The summed E-state index contributed by atoms with van der Waals surface area (Å²) in [5.41, 5.74) is 0. The molecule has 0 fully saturated rings. The van der Waals surface area contributed by atoms with Gasteiger partial charge in [0.2, 0.25) is 0 Å². The summed E-state index contributed by atoms with van der Waals surface area (Å²) in [4.78, 5) is 18.2. The molecule has 0 aromatic carbocycles. The Labute approximate surface area is 56.6 Å². The van der Waals surface area contributed by atoms with E-state index < -0.39 is 11.9 Å². The van der Waals surface area contributed by atoms with Crippen LogP contribution in [0.5, 0.6) is 0 Å². The van der Waals surface area contributed by atoms with Gasteiger partial charge in [0.05, 0.1) is 0 Å². The Bertz CT molecular complexity index is 75.7. The molecule has 0 spiro atoms. The topological polar surface area (TPSA) is 74.6 Å². The van der Waals surface area contributed by atoms with Crippen LogP contribution < -0.4 is 0 Å². The Hall–Kier alpha value is -0.242. The molecule has 0 rings (SSSR count). The van der Waals surface area contributed by atoms with Gasteiger partial charge in [0.25, 0.3) is 0 Å². The summed E-state index contributed by atoms with van der Waals surface area (Å²) in [6.45, 7) is 0. The van der Waals surface area contributed by atoms with Gasteiger partial charge in [-0.05, 0) is 0 Å². The SMILES string of the molecule is O=C(O)C(=O)O.[SbH3]. The van der Waals surface area contributed by atoms with Gasteiger partial charge in [-0.3, -0.25) is 0 Å². The molecular formula is C2H5O4Sb. The summed E-state index contributed by atoms with van der Waals surface area (Å²) in [5, 5.41) is 14.8. The zero-order valence-electron chi connectivity index (χ0n) is 3.42. The predicted octanol–water partition coefficient (Wildman–Crippen LogP) is -2.03. The van der Waals surface area contributed by atoms with E-state index in [0.717, 1.165) is 0 Å². The van der Waals surface area contributed by atoms with Crippen molar-refractivity contribution in [2.24, 2.45) is 0 Å². The van der Waals surface area contributed by atoms with Crippen molar-refractivity contribution in [3.63, 3.8) is 0 Å². The summed E-state index contributed by atoms with van der Waals surface area (Å²) in [6, 6.07) is 0. The molecule has 0 heterocycles. The van der Waals surface area contributed by atoms with Crippen molar-refractivity contribution >= 4 is 36.4 Å². The number of rotatable bonds is 0. The number of aliphatic carboxylic acids is 2. The summed E-state index contributed by atoms with van der Waals surface area (Å²) in [7, 11) is 0. The van der Waals surface area contributed by atoms with E-state index in [2.05, 4.69) is 0 Å². The Balaban J connectivity index is 0. The fourth-order valence-corrected chi connectivity index (χ4v) is 0. The third-order valence-electron chi connectivity index (χ3n) is 0.183. The minimum atomic E-state index is -1.82. The van der Waals surface area contributed by atoms with E-state index in [1.165, 1.54) is 0 Å². The molecule has 7 heavy (non-hydrogen) atoms. The average molecular weight is 215 g/mol. The first-order valence-electron chi connectivity index (χ1n) is 1.11. The first-order chi connectivity index (χ1) is 2.64. The second-order valence-corrected chi connectivity index (χ2v) is 0.610. The fourth-order valence-electron chi connectivity index (χ4n) is 0. The van der Waals surface area contributed by atoms with E-state index in [0.29, 0.717) is 0 Å². The molecule has 0 saturated carbocycles. The van der Waals surface area contributed by atoms with Gasteiger partial charge in [0, 0.05) is 0 Å². The van der Waals surface area contributed by atoms with Crippen molar-refractivity contribution in [2.45, 2.75) is 0 Å². The summed E-state index contributed by atoms with van der Waals surface area (Å²) in [5.74, 6) is -3.65. The van der Waals surface area contributed by atoms with Gasteiger partial charge in [-0.25, -0.2) is 9.59 Å². The van der Waals surface area contributed by atoms with Gasteiger partial charge in [-0.15, -0.1) is 0 Å². The van der Waals surface area contributed by atoms with Crippen molar-refractivity contribution < 1.29 is 19.8 Å². The average Bonchev–Trinajstić information content (AvgIpc) is 1.36. The normalized spacial score (nSPS) is 6.29. The summed E-state index contributed by atoms with van der Waals surface area (Å²) >= 11 is 0. The zero-order chi connectivity index (χ0) is 5.15. The van der Waals surface area contributed by atoms with Gasteiger partial charge in [-0.1, -0.05) is 0 Å². The molecule has 0 radical (unpaired) electrons. The van der Waals surface area contributed by atoms with E-state index in [-0.39, 0.29) is 24.4 Å². The van der Waals surface area contributed by atoms with Crippen molar-refractivity contribution in [3.05, 3.63) is 0 Å². The molecule has 5 heteroatoms. The molecule has 0 aromatic rings. The predicted molar refractivity (Wildman–Crippen MR) is 25.2 cm³/mol. The van der Waals surface area contributed by atoms with E-state index in [1.54, 1.807) is 0 Å². The first kappa shape index (κ1) is 9.90. The summed E-state index contributed by atoms with van der Waals surface area (Å²) in [6.07, 6.45) is 0. The van der Waals surface area contributed by atoms with E-state index in [1.807, 2.05) is 0 Å². The molecule has 42 valence electrons. The zero-order valence-corrected chi connectivity index (χ0v) is 7.45. The molecule has 0 aliphatic carbocycles. The van der Waals surface area contributed by atoms with Crippen molar-refractivity contribution in [1.29, 1.82) is 0 Å². The second kappa shape index (κ2) is 3.93. The molecule has 0 aliphatic rings. The maximum absolute atomic E-state index is 9.10. The van der Waals surface area contributed by atoms with Crippen LogP contribution in [0.15, 0.2) is 0 Å². The van der Waals surface area contributed by atoms with E-state index in [4.69, 9.17) is 19.8 Å². The van der Waals surface area contributed by atoms with Gasteiger partial charge < -0.3 is 10.2 Å². The third kappa shape index (κ3) is 5.76. The molecule has 0 amide bonds. The molecule has 0 bridgehead atoms. The van der Waals surface area contributed by atoms with E-state index in [9.17, 15) is 0 Å². The second-order valence-electron chi connectivity index (χ2n) is 0.610. The molecule has 0 unspecified atom stereocenters. The van der Waals surface area contributed by atoms with Crippen LogP contribution in [0, 0.1) is 0 Å². The van der Waals surface area contributed by atoms with E-state index >= 15 is 0 Å². The molecular weight excluding hydrogens is 210 g/mol. The van der Waals surface area contributed by atoms with Crippen LogP contribution >= 0.6 is 0 Å². The Morgan fingerprint density at radius 2 is 1.14 bits per heavy atom. The van der Waals surface area contributed by atoms with Crippen LogP contribution in [0.25, 0.3) is 0 Å². The fraction of sp³-hybridized carbons (Fsp3) is 0. The number of carboxylic acids is 2. The maximum atomic E-state index is 9.10. The molecule has 0 aromatic heterocycles. The third-order valence-corrected chi connectivity index (χ3v) is 0.183. The van der Waals surface area contributed by atoms with Crippen LogP contribution in [-0.4, -0.2) is 46.6 Å². The van der Waals surface area contributed by atoms with Crippen LogP contribution in [0.2, 0.25) is 0 Å². The van der Waals surface area contributed by atoms with Crippen LogP contribution in [0.3, 0.4) is 0 Å². The Morgan fingerprint density at radius 3 is 1.14 bits per heavy atom. The van der Waals surface area contributed by atoms with Crippen LogP contribution in [-0.2, 0) is 9.59 Å². The van der Waals surface area contributed by atoms with Crippen LogP contribution in [0.1, 0.15) is 0 Å². The molecule has 2 N–H and O–H groups in total. The van der Waals surface area contributed by atoms with Crippen molar-refractivity contribution in [2.75, 3.05) is 0 Å². The number of carbonyl (C=O) groups is 2. The molecule has 0 saturated heterocycles. The number of hydrogen-bond donors (Lipinski definition) is 2.